The standard InChI is InChI=1S/C29H25NPS2/c1-2-32-29-27(30-28(33-29)23-15-7-3-8-16-23)31(24-17-9-4-10-18-24,25-19-11-5-12-20-25)26-21-13-6-14-22-26/h3-22H,2H2,1H3/q+1. The summed E-state index contributed by atoms with van der Waals surface area (Å²) in [4.78, 5) is 5.45. The summed E-state index contributed by atoms with van der Waals surface area (Å²) in [6.45, 7) is 2.23. The maximum Gasteiger partial charge on any atom is 0.223 e. The maximum absolute atomic E-state index is 5.45. The van der Waals surface area contributed by atoms with Gasteiger partial charge in [-0.3, -0.25) is 0 Å². The van der Waals surface area contributed by atoms with Gasteiger partial charge in [0.25, 0.3) is 0 Å². The summed E-state index contributed by atoms with van der Waals surface area (Å²) in [5.41, 5.74) is 2.40. The average Bonchev–Trinajstić information content (AvgIpc) is 3.31. The molecular formula is C29H25NPS2+. The van der Waals surface area contributed by atoms with E-state index >= 15 is 0 Å². The van der Waals surface area contributed by atoms with Crippen LogP contribution in [0.4, 0.5) is 0 Å². The number of thioether (sulfide) groups is 1. The van der Waals surface area contributed by atoms with Gasteiger partial charge in [0.2, 0.25) is 5.44 Å². The maximum atomic E-state index is 5.45. The Labute approximate surface area is 204 Å². The zero-order valence-electron chi connectivity index (χ0n) is 18.5. The molecule has 0 N–H and O–H groups in total. The molecule has 0 spiro atoms. The van der Waals surface area contributed by atoms with E-state index in [-0.39, 0.29) is 0 Å². The molecule has 0 bridgehead atoms. The van der Waals surface area contributed by atoms with Crippen LogP contribution < -0.4 is 21.3 Å². The SMILES string of the molecule is CCSc1sc(-c2ccccc2)nc1[P+](c1ccccc1)(c1ccccc1)c1ccccc1. The van der Waals surface area contributed by atoms with Crippen molar-refractivity contribution in [3.05, 3.63) is 121 Å². The molecular weight excluding hydrogens is 457 g/mol. The van der Waals surface area contributed by atoms with E-state index in [1.807, 2.05) is 23.1 Å². The van der Waals surface area contributed by atoms with Gasteiger partial charge in [0.05, 0.1) is 0 Å². The molecule has 0 aliphatic rings. The molecule has 5 rings (SSSR count). The van der Waals surface area contributed by atoms with Crippen molar-refractivity contribution in [2.45, 2.75) is 11.1 Å². The third-order valence-electron chi connectivity index (χ3n) is 5.62. The number of nitrogens with zero attached hydrogens (tertiary/aromatic N) is 1. The van der Waals surface area contributed by atoms with Crippen molar-refractivity contribution in [3.8, 4) is 10.6 Å². The van der Waals surface area contributed by atoms with Crippen LogP contribution in [0.3, 0.4) is 0 Å². The van der Waals surface area contributed by atoms with Gasteiger partial charge in [-0.25, -0.2) is 0 Å². The van der Waals surface area contributed by atoms with Crippen LogP contribution in [0, 0.1) is 0 Å². The molecule has 1 aromatic heterocycles. The fourth-order valence-corrected chi connectivity index (χ4v) is 11.4. The van der Waals surface area contributed by atoms with Crippen LogP contribution in [-0.4, -0.2) is 10.7 Å². The van der Waals surface area contributed by atoms with Gasteiger partial charge in [0, 0.05) is 5.56 Å². The monoisotopic (exact) mass is 482 g/mol. The van der Waals surface area contributed by atoms with E-state index in [0.29, 0.717) is 0 Å². The lowest BCUT2D eigenvalue weighted by atomic mass is 10.2. The third-order valence-corrected chi connectivity index (χ3v) is 12.4. The Balaban J connectivity index is 1.89. The van der Waals surface area contributed by atoms with Crippen molar-refractivity contribution in [1.29, 1.82) is 0 Å². The number of thiazole rings is 1. The Morgan fingerprint density at radius 2 is 1.06 bits per heavy atom. The van der Waals surface area contributed by atoms with Crippen molar-refractivity contribution in [2.75, 3.05) is 5.75 Å². The Kier molecular flexibility index (Phi) is 6.73. The van der Waals surface area contributed by atoms with E-state index in [1.165, 1.54) is 31.1 Å². The third kappa shape index (κ3) is 4.17. The molecule has 33 heavy (non-hydrogen) atoms. The van der Waals surface area contributed by atoms with E-state index < -0.39 is 7.26 Å². The Bertz CT molecular complexity index is 1210. The van der Waals surface area contributed by atoms with E-state index in [1.54, 1.807) is 0 Å². The van der Waals surface area contributed by atoms with Gasteiger partial charge in [-0.2, -0.15) is 4.98 Å². The minimum absolute atomic E-state index is 1.02. The second-order valence-corrected chi connectivity index (χ2v) is 13.5. The predicted molar refractivity (Wildman–Crippen MR) is 149 cm³/mol. The number of hydrogen-bond donors (Lipinski definition) is 0. The van der Waals surface area contributed by atoms with E-state index in [9.17, 15) is 0 Å². The van der Waals surface area contributed by atoms with Crippen LogP contribution in [0.15, 0.2) is 126 Å². The fourth-order valence-electron chi connectivity index (χ4n) is 4.21. The second kappa shape index (κ2) is 10.1. The normalized spacial score (nSPS) is 11.4. The molecule has 0 aliphatic carbocycles. The lowest BCUT2D eigenvalue weighted by Crippen LogP contribution is -2.39. The topological polar surface area (TPSA) is 12.9 Å². The van der Waals surface area contributed by atoms with Crippen molar-refractivity contribution in [3.63, 3.8) is 0 Å². The van der Waals surface area contributed by atoms with Crippen LogP contribution in [0.1, 0.15) is 6.92 Å². The summed E-state index contributed by atoms with van der Waals surface area (Å²) >= 11 is 3.74. The molecule has 0 atom stereocenters. The molecule has 0 radical (unpaired) electrons. The van der Waals surface area contributed by atoms with Crippen LogP contribution >= 0.6 is 30.4 Å². The largest absolute Gasteiger partial charge is 0.223 e. The first kappa shape index (κ1) is 22.1. The van der Waals surface area contributed by atoms with E-state index in [4.69, 9.17) is 4.98 Å². The first-order valence-corrected chi connectivity index (χ1v) is 14.7. The highest BCUT2D eigenvalue weighted by Crippen LogP contribution is 2.56. The summed E-state index contributed by atoms with van der Waals surface area (Å²) in [5, 5.41) is 5.11. The Morgan fingerprint density at radius 1 is 0.636 bits per heavy atom. The molecule has 0 aliphatic heterocycles. The van der Waals surface area contributed by atoms with Crippen LogP contribution in [-0.2, 0) is 0 Å². The predicted octanol–water partition coefficient (Wildman–Crippen LogP) is 6.54. The van der Waals surface area contributed by atoms with Crippen LogP contribution in [0.5, 0.6) is 0 Å². The molecule has 5 aromatic rings. The molecule has 0 saturated heterocycles. The lowest BCUT2D eigenvalue weighted by Gasteiger charge is -2.26. The number of rotatable bonds is 7. The smallest absolute Gasteiger partial charge is 0.200 e. The zero-order valence-corrected chi connectivity index (χ0v) is 21.0. The van der Waals surface area contributed by atoms with Crippen molar-refractivity contribution in [2.24, 2.45) is 0 Å². The number of benzene rings is 4. The van der Waals surface area contributed by atoms with Gasteiger partial charge < -0.3 is 0 Å². The van der Waals surface area contributed by atoms with E-state index in [0.717, 1.165) is 10.8 Å². The van der Waals surface area contributed by atoms with Gasteiger partial charge in [-0.15, -0.1) is 23.1 Å². The average molecular weight is 483 g/mol. The van der Waals surface area contributed by atoms with Crippen LogP contribution in [0.2, 0.25) is 0 Å². The molecule has 0 unspecified atom stereocenters. The highest BCUT2D eigenvalue weighted by Gasteiger charge is 2.51. The zero-order chi connectivity index (χ0) is 22.5. The summed E-state index contributed by atoms with van der Waals surface area (Å²) in [6, 6.07) is 43.6. The summed E-state index contributed by atoms with van der Waals surface area (Å²) < 4.78 is 1.32. The molecule has 0 fully saturated rings. The highest BCUT2D eigenvalue weighted by atomic mass is 32.2. The van der Waals surface area contributed by atoms with Gasteiger partial charge in [0.1, 0.15) is 25.1 Å². The minimum atomic E-state index is -2.19. The molecule has 0 amide bonds. The summed E-state index contributed by atoms with van der Waals surface area (Å²) in [7, 11) is -2.19. The molecule has 1 heterocycles. The second-order valence-electron chi connectivity index (χ2n) is 7.61. The number of aromatic nitrogens is 1. The van der Waals surface area contributed by atoms with Gasteiger partial charge in [-0.1, -0.05) is 91.9 Å². The molecule has 0 saturated carbocycles. The van der Waals surface area contributed by atoms with Gasteiger partial charge >= 0.3 is 0 Å². The summed E-state index contributed by atoms with van der Waals surface area (Å²) in [5.74, 6) is 1.02. The molecule has 1 nitrogen and oxygen atoms in total. The quantitative estimate of drug-likeness (QED) is 0.193. The summed E-state index contributed by atoms with van der Waals surface area (Å²) in [6.07, 6.45) is 0. The first-order valence-electron chi connectivity index (χ1n) is 11.1. The van der Waals surface area contributed by atoms with Crippen molar-refractivity contribution < 1.29 is 0 Å². The van der Waals surface area contributed by atoms with Crippen molar-refractivity contribution in [1.82, 2.24) is 4.98 Å². The Hall–Kier alpha value is -2.71. The Morgan fingerprint density at radius 3 is 1.48 bits per heavy atom. The van der Waals surface area contributed by atoms with Crippen molar-refractivity contribution >= 4 is 51.7 Å². The molecule has 4 heteroatoms. The molecule has 162 valence electrons. The highest BCUT2D eigenvalue weighted by molar-refractivity contribution is 8.05. The fraction of sp³-hybridized carbons (Fsp3) is 0.0690. The molecule has 4 aromatic carbocycles. The first-order chi connectivity index (χ1) is 16.3. The van der Waals surface area contributed by atoms with E-state index in [2.05, 4.69) is 128 Å². The van der Waals surface area contributed by atoms with Gasteiger partial charge in [-0.05, 0) is 42.2 Å². The number of hydrogen-bond acceptors (Lipinski definition) is 3. The minimum Gasteiger partial charge on any atom is -0.200 e. The van der Waals surface area contributed by atoms with Crippen LogP contribution in [0.25, 0.3) is 10.6 Å². The lowest BCUT2D eigenvalue weighted by molar-refractivity contribution is 1.43. The van der Waals surface area contributed by atoms with Gasteiger partial charge in [0.15, 0.2) is 7.26 Å².